The number of nitriles is 1. The molecule has 2 nitrogen and oxygen atoms in total. The summed E-state index contributed by atoms with van der Waals surface area (Å²) in [5.41, 5.74) is 0.161. The van der Waals surface area contributed by atoms with Gasteiger partial charge in [-0.25, -0.2) is 4.39 Å². The minimum Gasteiger partial charge on any atom is -0.379 e. The van der Waals surface area contributed by atoms with Crippen LogP contribution in [0.1, 0.15) is 31.2 Å². The first kappa shape index (κ1) is 14.6. The van der Waals surface area contributed by atoms with Crippen molar-refractivity contribution in [2.45, 2.75) is 37.9 Å². The molecular formula is C14H14F4N2. The van der Waals surface area contributed by atoms with Crippen molar-refractivity contribution < 1.29 is 17.6 Å². The highest BCUT2D eigenvalue weighted by Gasteiger charge is 2.45. The summed E-state index contributed by atoms with van der Waals surface area (Å²) in [4.78, 5) is 0. The van der Waals surface area contributed by atoms with E-state index in [1.54, 1.807) is 6.07 Å². The van der Waals surface area contributed by atoms with E-state index in [4.69, 9.17) is 5.26 Å². The van der Waals surface area contributed by atoms with Crippen LogP contribution in [0.25, 0.3) is 0 Å². The quantitative estimate of drug-likeness (QED) is 0.826. The minimum absolute atomic E-state index is 0.0187. The van der Waals surface area contributed by atoms with Crippen LogP contribution < -0.4 is 5.32 Å². The second-order valence-electron chi connectivity index (χ2n) is 4.99. The van der Waals surface area contributed by atoms with E-state index in [1.165, 1.54) is 12.1 Å². The molecule has 0 heterocycles. The monoisotopic (exact) mass is 286 g/mol. The van der Waals surface area contributed by atoms with E-state index < -0.39 is 24.0 Å². The molecule has 0 bridgehead atoms. The molecule has 0 radical (unpaired) electrons. The van der Waals surface area contributed by atoms with Crippen molar-refractivity contribution in [2.24, 2.45) is 5.92 Å². The molecule has 6 heteroatoms. The Labute approximate surface area is 114 Å². The van der Waals surface area contributed by atoms with Gasteiger partial charge < -0.3 is 5.32 Å². The maximum Gasteiger partial charge on any atom is 0.393 e. The number of anilines is 1. The molecule has 2 atom stereocenters. The lowest BCUT2D eigenvalue weighted by molar-refractivity contribution is -0.184. The molecule has 1 fully saturated rings. The maximum atomic E-state index is 13.7. The number of nitrogens with one attached hydrogen (secondary N) is 1. The van der Waals surface area contributed by atoms with Crippen LogP contribution in [0.5, 0.6) is 0 Å². The first-order valence-electron chi connectivity index (χ1n) is 6.44. The van der Waals surface area contributed by atoms with E-state index in [2.05, 4.69) is 5.32 Å². The van der Waals surface area contributed by atoms with Crippen LogP contribution in [0.2, 0.25) is 0 Å². The third kappa shape index (κ3) is 3.21. The Morgan fingerprint density at radius 2 is 1.90 bits per heavy atom. The summed E-state index contributed by atoms with van der Waals surface area (Å²) in [5, 5.41) is 11.3. The van der Waals surface area contributed by atoms with Crippen molar-refractivity contribution in [3.05, 3.63) is 29.6 Å². The van der Waals surface area contributed by atoms with Crippen LogP contribution in [-0.2, 0) is 0 Å². The van der Waals surface area contributed by atoms with E-state index in [-0.39, 0.29) is 17.7 Å². The fourth-order valence-corrected chi connectivity index (χ4v) is 2.60. The minimum atomic E-state index is -4.28. The summed E-state index contributed by atoms with van der Waals surface area (Å²) in [6.45, 7) is 0. The standard InChI is InChI=1S/C14H14F4N2/c15-11-7-9(8-19)5-6-13(11)20-12-4-2-1-3-10(12)14(16,17)18/h5-7,10,12,20H,1-4H2. The smallest absolute Gasteiger partial charge is 0.379 e. The molecule has 2 rings (SSSR count). The zero-order chi connectivity index (χ0) is 14.8. The third-order valence-electron chi connectivity index (χ3n) is 3.63. The van der Waals surface area contributed by atoms with Crippen molar-refractivity contribution in [1.82, 2.24) is 0 Å². The van der Waals surface area contributed by atoms with Crippen LogP contribution >= 0.6 is 0 Å². The summed E-state index contributed by atoms with van der Waals surface area (Å²) in [6, 6.07) is 4.69. The van der Waals surface area contributed by atoms with Crippen molar-refractivity contribution in [1.29, 1.82) is 5.26 Å². The first-order valence-corrected chi connectivity index (χ1v) is 6.44. The molecule has 0 aliphatic heterocycles. The number of hydrogen-bond acceptors (Lipinski definition) is 2. The second-order valence-corrected chi connectivity index (χ2v) is 4.99. The maximum absolute atomic E-state index is 13.7. The summed E-state index contributed by atoms with van der Waals surface area (Å²) in [6.07, 6.45) is -2.61. The average molecular weight is 286 g/mol. The van der Waals surface area contributed by atoms with Gasteiger partial charge in [-0.2, -0.15) is 18.4 Å². The van der Waals surface area contributed by atoms with E-state index in [0.29, 0.717) is 19.3 Å². The molecular weight excluding hydrogens is 272 g/mol. The zero-order valence-corrected chi connectivity index (χ0v) is 10.7. The van der Waals surface area contributed by atoms with Crippen molar-refractivity contribution in [3.8, 4) is 6.07 Å². The number of halogens is 4. The van der Waals surface area contributed by atoms with Gasteiger partial charge in [0.25, 0.3) is 0 Å². The topological polar surface area (TPSA) is 35.8 Å². The molecule has 1 aromatic carbocycles. The predicted molar refractivity (Wildman–Crippen MR) is 66.5 cm³/mol. The van der Waals surface area contributed by atoms with Crippen LogP contribution in [0.3, 0.4) is 0 Å². The van der Waals surface area contributed by atoms with Crippen LogP contribution in [0.4, 0.5) is 23.2 Å². The highest BCUT2D eigenvalue weighted by atomic mass is 19.4. The van der Waals surface area contributed by atoms with Crippen LogP contribution in [0.15, 0.2) is 18.2 Å². The van der Waals surface area contributed by atoms with Gasteiger partial charge in [-0.3, -0.25) is 0 Å². The summed E-state index contributed by atoms with van der Waals surface area (Å²) >= 11 is 0. The molecule has 2 unspecified atom stereocenters. The third-order valence-corrected chi connectivity index (χ3v) is 3.63. The number of nitrogens with zero attached hydrogens (tertiary/aromatic N) is 1. The molecule has 0 aromatic heterocycles. The SMILES string of the molecule is N#Cc1ccc(NC2CCCCC2C(F)(F)F)c(F)c1. The van der Waals surface area contributed by atoms with Gasteiger partial charge in [-0.05, 0) is 31.0 Å². The average Bonchev–Trinajstić information content (AvgIpc) is 2.40. The molecule has 0 amide bonds. The van der Waals surface area contributed by atoms with Crippen LogP contribution in [-0.4, -0.2) is 12.2 Å². The predicted octanol–water partition coefficient (Wildman–Crippen LogP) is 4.23. The van der Waals surface area contributed by atoms with Gasteiger partial charge in [0.15, 0.2) is 0 Å². The normalized spacial score (nSPS) is 23.1. The Balaban J connectivity index is 2.17. The van der Waals surface area contributed by atoms with Gasteiger partial charge in [0.2, 0.25) is 0 Å². The lowest BCUT2D eigenvalue weighted by atomic mass is 9.84. The molecule has 1 aromatic rings. The molecule has 20 heavy (non-hydrogen) atoms. The fraction of sp³-hybridized carbons (Fsp3) is 0.500. The first-order chi connectivity index (χ1) is 9.41. The lowest BCUT2D eigenvalue weighted by Crippen LogP contribution is -2.41. The van der Waals surface area contributed by atoms with Crippen LogP contribution in [0, 0.1) is 23.1 Å². The van der Waals surface area contributed by atoms with E-state index in [9.17, 15) is 17.6 Å². The summed E-state index contributed by atoms with van der Waals surface area (Å²) in [5.74, 6) is -2.15. The molecule has 0 saturated heterocycles. The fourth-order valence-electron chi connectivity index (χ4n) is 2.60. The molecule has 108 valence electrons. The Morgan fingerprint density at radius 3 is 2.50 bits per heavy atom. The van der Waals surface area contributed by atoms with E-state index >= 15 is 0 Å². The molecule has 1 aliphatic rings. The molecule has 0 spiro atoms. The van der Waals surface area contributed by atoms with Gasteiger partial charge in [-0.15, -0.1) is 0 Å². The van der Waals surface area contributed by atoms with Gasteiger partial charge >= 0.3 is 6.18 Å². The largest absolute Gasteiger partial charge is 0.393 e. The molecule has 1 saturated carbocycles. The zero-order valence-electron chi connectivity index (χ0n) is 10.7. The lowest BCUT2D eigenvalue weighted by Gasteiger charge is -2.34. The van der Waals surface area contributed by atoms with Gasteiger partial charge in [0.1, 0.15) is 5.82 Å². The van der Waals surface area contributed by atoms with E-state index in [0.717, 1.165) is 6.07 Å². The number of alkyl halides is 3. The van der Waals surface area contributed by atoms with Crippen molar-refractivity contribution >= 4 is 5.69 Å². The summed E-state index contributed by atoms with van der Waals surface area (Å²) in [7, 11) is 0. The Bertz CT molecular complexity index is 519. The molecule has 1 aliphatic carbocycles. The highest BCUT2D eigenvalue weighted by Crippen LogP contribution is 2.39. The number of benzene rings is 1. The summed E-state index contributed by atoms with van der Waals surface area (Å²) < 4.78 is 52.5. The highest BCUT2D eigenvalue weighted by molar-refractivity contribution is 5.49. The van der Waals surface area contributed by atoms with Gasteiger partial charge in [0, 0.05) is 6.04 Å². The van der Waals surface area contributed by atoms with E-state index in [1.807, 2.05) is 0 Å². The Hall–Kier alpha value is -1.77. The Morgan fingerprint density at radius 1 is 1.20 bits per heavy atom. The van der Waals surface area contributed by atoms with Gasteiger partial charge in [0.05, 0.1) is 23.2 Å². The van der Waals surface area contributed by atoms with Crippen molar-refractivity contribution in [3.63, 3.8) is 0 Å². The molecule has 1 N–H and O–H groups in total. The second kappa shape index (κ2) is 5.70. The number of rotatable bonds is 2. The Kier molecular flexibility index (Phi) is 4.17. The van der Waals surface area contributed by atoms with Crippen molar-refractivity contribution in [2.75, 3.05) is 5.32 Å². The van der Waals surface area contributed by atoms with Gasteiger partial charge in [-0.1, -0.05) is 12.8 Å². The number of hydrogen-bond donors (Lipinski definition) is 1.